The summed E-state index contributed by atoms with van der Waals surface area (Å²) < 4.78 is 1.38. The first-order valence-electron chi connectivity index (χ1n) is 10.9. The summed E-state index contributed by atoms with van der Waals surface area (Å²) in [6, 6.07) is 17.1. The van der Waals surface area contributed by atoms with E-state index in [0.717, 1.165) is 17.1 Å². The molecular weight excluding hydrogens is 406 g/mol. The molecule has 0 amide bonds. The molecule has 2 saturated carbocycles. The van der Waals surface area contributed by atoms with Gasteiger partial charge in [-0.05, 0) is 72.1 Å². The molecule has 2 aliphatic rings. The summed E-state index contributed by atoms with van der Waals surface area (Å²) in [5.74, 6) is -0.0491. The molecule has 156 valence electrons. The van der Waals surface area contributed by atoms with E-state index in [9.17, 15) is 9.90 Å². The minimum atomic E-state index is -0.767. The highest BCUT2D eigenvalue weighted by molar-refractivity contribution is 8.01. The lowest BCUT2D eigenvalue weighted by atomic mass is 9.84. The van der Waals surface area contributed by atoms with Crippen molar-refractivity contribution in [2.24, 2.45) is 0 Å². The highest BCUT2D eigenvalue weighted by atomic mass is 32.2. The Kier molecular flexibility index (Phi) is 4.32. The largest absolute Gasteiger partial charge is 0.480 e. The molecule has 0 spiro atoms. The van der Waals surface area contributed by atoms with Crippen molar-refractivity contribution in [2.45, 2.75) is 54.5 Å². The lowest BCUT2D eigenvalue weighted by molar-refractivity contribution is -0.142. The third-order valence-corrected chi connectivity index (χ3v) is 8.19. The van der Waals surface area contributed by atoms with Crippen LogP contribution in [0, 0.1) is 0 Å². The normalized spacial score (nSPS) is 17.7. The van der Waals surface area contributed by atoms with Crippen LogP contribution in [-0.4, -0.2) is 30.4 Å². The molecule has 2 aromatic heterocycles. The summed E-state index contributed by atoms with van der Waals surface area (Å²) >= 11 is 1.39. The van der Waals surface area contributed by atoms with Crippen LogP contribution in [0.1, 0.15) is 49.1 Å². The van der Waals surface area contributed by atoms with E-state index in [-0.39, 0.29) is 0 Å². The summed E-state index contributed by atoms with van der Waals surface area (Å²) in [7, 11) is 0. The van der Waals surface area contributed by atoms with E-state index >= 15 is 0 Å². The van der Waals surface area contributed by atoms with Gasteiger partial charge in [0.15, 0.2) is 10.8 Å². The summed E-state index contributed by atoms with van der Waals surface area (Å²) in [6.07, 6.45) is 6.61. The maximum atomic E-state index is 12.0. The molecule has 0 bridgehead atoms. The topological polar surface area (TPSA) is 68.0 Å². The van der Waals surface area contributed by atoms with E-state index in [1.54, 1.807) is 6.20 Å². The Morgan fingerprint density at radius 2 is 1.90 bits per heavy atom. The van der Waals surface area contributed by atoms with E-state index < -0.39 is 10.7 Å². The molecule has 0 aliphatic heterocycles. The number of nitrogens with zero attached hydrogens (tertiary/aromatic N) is 3. The Hall–Kier alpha value is -2.86. The zero-order valence-corrected chi connectivity index (χ0v) is 17.9. The molecule has 31 heavy (non-hydrogen) atoms. The number of hydrogen-bond donors (Lipinski definition) is 1. The molecule has 4 aromatic rings. The second-order valence-corrected chi connectivity index (χ2v) is 10.1. The molecular formula is C25H23N3O2S. The van der Waals surface area contributed by atoms with Gasteiger partial charge in [-0.1, -0.05) is 48.2 Å². The number of hydrogen-bond acceptors (Lipinski definition) is 4. The van der Waals surface area contributed by atoms with Gasteiger partial charge < -0.3 is 9.67 Å². The molecule has 6 rings (SSSR count). The van der Waals surface area contributed by atoms with Crippen molar-refractivity contribution in [3.05, 3.63) is 65.9 Å². The molecule has 6 heteroatoms. The Morgan fingerprint density at radius 1 is 1.10 bits per heavy atom. The van der Waals surface area contributed by atoms with Crippen molar-refractivity contribution in [3.63, 3.8) is 0 Å². The van der Waals surface area contributed by atoms with Crippen LogP contribution < -0.4 is 0 Å². The van der Waals surface area contributed by atoms with E-state index in [1.165, 1.54) is 46.5 Å². The zero-order valence-electron chi connectivity index (χ0n) is 17.1. The number of aromatic nitrogens is 3. The van der Waals surface area contributed by atoms with E-state index in [1.807, 2.05) is 12.1 Å². The summed E-state index contributed by atoms with van der Waals surface area (Å²) in [5.41, 5.74) is 4.29. The smallest absolute Gasteiger partial charge is 0.320 e. The van der Waals surface area contributed by atoms with Gasteiger partial charge in [-0.2, -0.15) is 0 Å². The van der Waals surface area contributed by atoms with Gasteiger partial charge in [-0.3, -0.25) is 4.79 Å². The van der Waals surface area contributed by atoms with Gasteiger partial charge in [-0.15, -0.1) is 0 Å². The van der Waals surface area contributed by atoms with Gasteiger partial charge in [0.1, 0.15) is 4.75 Å². The highest BCUT2D eigenvalue weighted by Crippen LogP contribution is 2.48. The molecule has 1 N–H and O–H groups in total. The molecule has 0 unspecified atom stereocenters. The number of carboxylic acid groups (broad SMARTS) is 1. The number of pyridine rings is 1. The second-order valence-electron chi connectivity index (χ2n) is 8.72. The monoisotopic (exact) mass is 429 g/mol. The van der Waals surface area contributed by atoms with Crippen molar-refractivity contribution in [2.75, 3.05) is 0 Å². The van der Waals surface area contributed by atoms with Crippen LogP contribution in [0.2, 0.25) is 0 Å². The van der Waals surface area contributed by atoms with Crippen LogP contribution in [0.25, 0.3) is 21.9 Å². The van der Waals surface area contributed by atoms with E-state index in [2.05, 4.69) is 45.9 Å². The van der Waals surface area contributed by atoms with E-state index in [0.29, 0.717) is 31.0 Å². The van der Waals surface area contributed by atoms with Crippen LogP contribution >= 0.6 is 11.8 Å². The predicted octanol–water partition coefficient (Wildman–Crippen LogP) is 5.61. The number of rotatable bonds is 6. The molecule has 5 nitrogen and oxygen atoms in total. The molecule has 2 fully saturated rings. The van der Waals surface area contributed by atoms with Crippen LogP contribution in [0.15, 0.2) is 59.9 Å². The quantitative estimate of drug-likeness (QED) is 0.431. The number of fused-ring (bicyclic) bond motifs is 2. The maximum absolute atomic E-state index is 12.0. The Balaban J connectivity index is 1.46. The van der Waals surface area contributed by atoms with Gasteiger partial charge in [0.25, 0.3) is 0 Å². The molecule has 2 aromatic carbocycles. The van der Waals surface area contributed by atoms with Gasteiger partial charge in [-0.25, -0.2) is 9.97 Å². The van der Waals surface area contributed by atoms with Crippen LogP contribution in [-0.2, 0) is 11.3 Å². The number of imidazole rings is 1. The fourth-order valence-corrected chi connectivity index (χ4v) is 5.98. The third kappa shape index (κ3) is 3.12. The molecule has 2 heterocycles. The Labute approximate surface area is 184 Å². The molecule has 2 aliphatic carbocycles. The van der Waals surface area contributed by atoms with Gasteiger partial charge in [0.2, 0.25) is 0 Å². The fourth-order valence-electron chi connectivity index (χ4n) is 4.65. The standard InChI is InChI=1S/C25H23N3O2S/c29-23(30)25(12-4-13-25)31-24-27-22-21(7-3-14-26-22)28(24)15-17-10-11-19(16-8-9-16)20-6-2-1-5-18(17)20/h1-3,5-7,10-11,14,16H,4,8-9,12-13,15H2,(H,29,30). The highest BCUT2D eigenvalue weighted by Gasteiger charge is 2.46. The first kappa shape index (κ1) is 18.9. The molecule has 0 saturated heterocycles. The minimum absolute atomic E-state index is 0.645. The predicted molar refractivity (Wildman–Crippen MR) is 123 cm³/mol. The number of carboxylic acids is 1. The van der Waals surface area contributed by atoms with Crippen molar-refractivity contribution >= 4 is 39.7 Å². The first-order chi connectivity index (χ1) is 15.1. The molecule has 0 atom stereocenters. The van der Waals surface area contributed by atoms with Gasteiger partial charge in [0, 0.05) is 6.20 Å². The maximum Gasteiger partial charge on any atom is 0.320 e. The first-order valence-corrected chi connectivity index (χ1v) is 11.7. The fraction of sp³-hybridized carbons (Fsp3) is 0.320. The summed E-state index contributed by atoms with van der Waals surface area (Å²) in [4.78, 5) is 21.2. The number of benzene rings is 2. The number of carbonyl (C=O) groups is 1. The number of aliphatic carboxylic acids is 1. The van der Waals surface area contributed by atoms with Gasteiger partial charge >= 0.3 is 5.97 Å². The van der Waals surface area contributed by atoms with Crippen LogP contribution in [0.5, 0.6) is 0 Å². The van der Waals surface area contributed by atoms with Crippen molar-refractivity contribution in [1.82, 2.24) is 14.5 Å². The minimum Gasteiger partial charge on any atom is -0.480 e. The number of thioether (sulfide) groups is 1. The van der Waals surface area contributed by atoms with Gasteiger partial charge in [0.05, 0.1) is 12.1 Å². The second kappa shape index (κ2) is 7.09. The summed E-state index contributed by atoms with van der Waals surface area (Å²) in [5, 5.41) is 13.2. The third-order valence-electron chi connectivity index (χ3n) is 6.72. The van der Waals surface area contributed by atoms with Crippen LogP contribution in [0.3, 0.4) is 0 Å². The Morgan fingerprint density at radius 3 is 2.61 bits per heavy atom. The Bertz CT molecular complexity index is 1320. The lowest BCUT2D eigenvalue weighted by Crippen LogP contribution is -2.42. The zero-order chi connectivity index (χ0) is 21.0. The summed E-state index contributed by atoms with van der Waals surface area (Å²) in [6.45, 7) is 0.645. The lowest BCUT2D eigenvalue weighted by Gasteiger charge is -2.36. The SMILES string of the molecule is O=C(O)C1(Sc2nc3ncccc3n2Cc2ccc(C3CC3)c3ccccc23)CCC1. The van der Waals surface area contributed by atoms with Crippen LogP contribution in [0.4, 0.5) is 0 Å². The van der Waals surface area contributed by atoms with Crippen molar-refractivity contribution < 1.29 is 9.90 Å². The average Bonchev–Trinajstić information content (AvgIpc) is 3.54. The van der Waals surface area contributed by atoms with E-state index in [4.69, 9.17) is 4.98 Å². The molecule has 0 radical (unpaired) electrons. The average molecular weight is 430 g/mol. The van der Waals surface area contributed by atoms with Crippen molar-refractivity contribution in [1.29, 1.82) is 0 Å². The van der Waals surface area contributed by atoms with Crippen molar-refractivity contribution in [3.8, 4) is 0 Å².